The Morgan fingerprint density at radius 2 is 1.88 bits per heavy atom. The van der Waals surface area contributed by atoms with Gasteiger partial charge in [-0.15, -0.1) is 22.7 Å². The van der Waals surface area contributed by atoms with E-state index >= 15 is 0 Å². The first kappa shape index (κ1) is 21.9. The van der Waals surface area contributed by atoms with E-state index in [1.807, 2.05) is 34.9 Å². The number of fused-ring (bicyclic) bond motifs is 3. The van der Waals surface area contributed by atoms with Gasteiger partial charge in [-0.05, 0) is 54.0 Å². The fourth-order valence-electron chi connectivity index (χ4n) is 4.29. The number of aryl methyl sites for hydroxylation is 2. The smallest absolute Gasteiger partial charge is 0.262 e. The van der Waals surface area contributed by atoms with Crippen LogP contribution in [0.2, 0.25) is 0 Å². The third kappa shape index (κ3) is 4.45. The van der Waals surface area contributed by atoms with Crippen molar-refractivity contribution in [1.82, 2.24) is 9.55 Å². The summed E-state index contributed by atoms with van der Waals surface area (Å²) in [7, 11) is 0. The summed E-state index contributed by atoms with van der Waals surface area (Å²) < 4.78 is 2.59. The SMILES string of the molecule is CCCCc1cc(O)c2sc3nc(Cc4ccccc4)n(CCc4cccs4)c(=O)c3c2c1. The molecule has 0 unspecified atom stereocenters. The van der Waals surface area contributed by atoms with E-state index in [0.29, 0.717) is 23.2 Å². The molecule has 6 heteroatoms. The first-order valence-corrected chi connectivity index (χ1v) is 13.1. The normalized spacial score (nSPS) is 11.5. The Kier molecular flexibility index (Phi) is 6.29. The number of phenols is 1. The van der Waals surface area contributed by atoms with Crippen LogP contribution in [-0.4, -0.2) is 14.7 Å². The number of rotatable bonds is 8. The van der Waals surface area contributed by atoms with E-state index in [2.05, 4.69) is 36.6 Å². The lowest BCUT2D eigenvalue weighted by atomic mass is 10.0. The zero-order valence-electron chi connectivity index (χ0n) is 18.6. The maximum Gasteiger partial charge on any atom is 0.262 e. The summed E-state index contributed by atoms with van der Waals surface area (Å²) in [5, 5.41) is 14.2. The molecule has 0 fully saturated rings. The third-order valence-corrected chi connectivity index (χ3v) is 8.06. The predicted molar refractivity (Wildman–Crippen MR) is 139 cm³/mol. The molecule has 2 aromatic carbocycles. The molecule has 5 aromatic rings. The van der Waals surface area contributed by atoms with Gasteiger partial charge in [0.25, 0.3) is 5.56 Å². The maximum absolute atomic E-state index is 13.9. The van der Waals surface area contributed by atoms with Crippen molar-refractivity contribution in [2.75, 3.05) is 0 Å². The quantitative estimate of drug-likeness (QED) is 0.277. The number of phenolic OH excluding ortho intramolecular Hbond substituents is 1. The Labute approximate surface area is 200 Å². The van der Waals surface area contributed by atoms with Gasteiger partial charge in [-0.25, -0.2) is 4.98 Å². The molecule has 1 N–H and O–H groups in total. The molecule has 0 saturated carbocycles. The van der Waals surface area contributed by atoms with Crippen LogP contribution in [0.4, 0.5) is 0 Å². The summed E-state index contributed by atoms with van der Waals surface area (Å²) in [6.45, 7) is 2.74. The topological polar surface area (TPSA) is 55.1 Å². The van der Waals surface area contributed by atoms with Gasteiger partial charge in [-0.2, -0.15) is 0 Å². The van der Waals surface area contributed by atoms with Crippen LogP contribution in [0.15, 0.2) is 64.8 Å². The highest BCUT2D eigenvalue weighted by Crippen LogP contribution is 2.38. The lowest BCUT2D eigenvalue weighted by Crippen LogP contribution is -2.26. The van der Waals surface area contributed by atoms with E-state index in [9.17, 15) is 9.90 Å². The number of unbranched alkanes of at least 4 members (excludes halogenated alkanes) is 1. The first-order valence-electron chi connectivity index (χ1n) is 11.4. The van der Waals surface area contributed by atoms with E-state index in [0.717, 1.165) is 52.7 Å². The van der Waals surface area contributed by atoms with Gasteiger partial charge in [-0.3, -0.25) is 9.36 Å². The van der Waals surface area contributed by atoms with Gasteiger partial charge in [0.1, 0.15) is 16.4 Å². The van der Waals surface area contributed by atoms with Crippen molar-refractivity contribution < 1.29 is 5.11 Å². The molecule has 0 amide bonds. The van der Waals surface area contributed by atoms with E-state index in [1.165, 1.54) is 16.2 Å². The average molecular weight is 475 g/mol. The van der Waals surface area contributed by atoms with Crippen molar-refractivity contribution in [1.29, 1.82) is 0 Å². The molecule has 0 radical (unpaired) electrons. The number of aromatic hydroxyl groups is 1. The van der Waals surface area contributed by atoms with Crippen LogP contribution in [0.5, 0.6) is 5.75 Å². The first-order chi connectivity index (χ1) is 16.1. The summed E-state index contributed by atoms with van der Waals surface area (Å²) in [5.74, 6) is 1.02. The summed E-state index contributed by atoms with van der Waals surface area (Å²) in [4.78, 5) is 20.8. The van der Waals surface area contributed by atoms with Crippen molar-refractivity contribution >= 4 is 43.0 Å². The van der Waals surface area contributed by atoms with Crippen LogP contribution < -0.4 is 5.56 Å². The van der Waals surface area contributed by atoms with Crippen molar-refractivity contribution in [3.05, 3.63) is 92.2 Å². The number of thiophene rings is 2. The number of nitrogens with zero attached hydrogens (tertiary/aromatic N) is 2. The average Bonchev–Trinajstić information content (AvgIpc) is 3.46. The molecular formula is C27H26N2O2S2. The van der Waals surface area contributed by atoms with Crippen LogP contribution >= 0.6 is 22.7 Å². The molecule has 0 spiro atoms. The summed E-state index contributed by atoms with van der Waals surface area (Å²) >= 11 is 3.12. The fourth-order valence-corrected chi connectivity index (χ4v) is 6.07. The Balaban J connectivity index is 1.67. The number of hydrogen-bond donors (Lipinski definition) is 1. The molecule has 3 aromatic heterocycles. The Morgan fingerprint density at radius 3 is 2.64 bits per heavy atom. The highest BCUT2D eigenvalue weighted by Gasteiger charge is 2.19. The molecular weight excluding hydrogens is 448 g/mol. The van der Waals surface area contributed by atoms with Crippen LogP contribution in [-0.2, 0) is 25.8 Å². The third-order valence-electron chi connectivity index (χ3n) is 6.00. The van der Waals surface area contributed by atoms with Gasteiger partial charge < -0.3 is 5.11 Å². The minimum atomic E-state index is -0.0132. The monoisotopic (exact) mass is 474 g/mol. The number of hydrogen-bond acceptors (Lipinski definition) is 5. The molecule has 4 nitrogen and oxygen atoms in total. The maximum atomic E-state index is 13.9. The van der Waals surface area contributed by atoms with Crippen LogP contribution in [0.25, 0.3) is 20.3 Å². The molecule has 0 aliphatic rings. The second-order valence-electron chi connectivity index (χ2n) is 8.35. The van der Waals surface area contributed by atoms with E-state index in [-0.39, 0.29) is 11.3 Å². The Bertz CT molecular complexity index is 1450. The van der Waals surface area contributed by atoms with Gasteiger partial charge in [0.05, 0.1) is 10.1 Å². The van der Waals surface area contributed by atoms with Crippen LogP contribution in [0.3, 0.4) is 0 Å². The molecule has 0 bridgehead atoms. The number of aromatic nitrogens is 2. The Morgan fingerprint density at radius 1 is 1.03 bits per heavy atom. The summed E-state index contributed by atoms with van der Waals surface area (Å²) in [6.07, 6.45) is 4.42. The molecule has 5 rings (SSSR count). The summed E-state index contributed by atoms with van der Waals surface area (Å²) in [5.41, 5.74) is 2.18. The Hall–Kier alpha value is -2.96. The molecule has 0 saturated heterocycles. The lowest BCUT2D eigenvalue weighted by Gasteiger charge is -2.12. The van der Waals surface area contributed by atoms with Crippen LogP contribution in [0, 0.1) is 0 Å². The van der Waals surface area contributed by atoms with Gasteiger partial charge in [0, 0.05) is 23.2 Å². The minimum Gasteiger partial charge on any atom is -0.506 e. The molecule has 3 heterocycles. The van der Waals surface area contributed by atoms with Crippen LogP contribution in [0.1, 0.15) is 41.6 Å². The standard InChI is InChI=1S/C27H26N2O2S2/c1-2-3-8-19-15-21-24-26(33-25(21)22(30)16-19)28-23(17-18-9-5-4-6-10-18)29(27(24)31)13-12-20-11-7-14-32-20/h4-7,9-11,14-16,30H,2-3,8,12-13,17H2,1H3. The second-order valence-corrected chi connectivity index (χ2v) is 10.4. The van der Waals surface area contributed by atoms with Gasteiger partial charge in [-0.1, -0.05) is 49.7 Å². The minimum absolute atomic E-state index is 0.0132. The highest BCUT2D eigenvalue weighted by atomic mass is 32.1. The molecule has 0 aliphatic carbocycles. The van der Waals surface area contributed by atoms with Gasteiger partial charge >= 0.3 is 0 Å². The highest BCUT2D eigenvalue weighted by molar-refractivity contribution is 7.25. The fraction of sp³-hybridized carbons (Fsp3) is 0.259. The van der Waals surface area contributed by atoms with Crippen molar-refractivity contribution in [3.8, 4) is 5.75 Å². The molecule has 0 aliphatic heterocycles. The van der Waals surface area contributed by atoms with Gasteiger partial charge in [0.15, 0.2) is 0 Å². The largest absolute Gasteiger partial charge is 0.506 e. The second kappa shape index (κ2) is 9.49. The van der Waals surface area contributed by atoms with Crippen molar-refractivity contribution in [2.45, 2.75) is 45.6 Å². The molecule has 168 valence electrons. The predicted octanol–water partition coefficient (Wildman–Crippen LogP) is 6.55. The van der Waals surface area contributed by atoms with E-state index in [4.69, 9.17) is 4.98 Å². The molecule has 33 heavy (non-hydrogen) atoms. The van der Waals surface area contributed by atoms with Crippen molar-refractivity contribution in [3.63, 3.8) is 0 Å². The lowest BCUT2D eigenvalue weighted by molar-refractivity contribution is 0.481. The van der Waals surface area contributed by atoms with Crippen molar-refractivity contribution in [2.24, 2.45) is 0 Å². The zero-order chi connectivity index (χ0) is 22.8. The zero-order valence-corrected chi connectivity index (χ0v) is 20.2. The number of benzene rings is 2. The molecule has 0 atom stereocenters. The van der Waals surface area contributed by atoms with E-state index in [1.54, 1.807) is 11.3 Å². The summed E-state index contributed by atoms with van der Waals surface area (Å²) in [6, 6.07) is 18.2. The van der Waals surface area contributed by atoms with Gasteiger partial charge in [0.2, 0.25) is 0 Å². The van der Waals surface area contributed by atoms with E-state index < -0.39 is 0 Å².